The minimum absolute atomic E-state index is 0. The molecule has 44 heavy (non-hydrogen) atoms. The number of sulfonamides is 1. The van der Waals surface area contributed by atoms with Crippen LogP contribution in [0.2, 0.25) is 0 Å². The predicted molar refractivity (Wildman–Crippen MR) is 186 cm³/mol. The summed E-state index contributed by atoms with van der Waals surface area (Å²) >= 11 is 4.90. The average Bonchev–Trinajstić information content (AvgIpc) is 3.52. The standard InChI is InChI=1S/C28H27NP2.C7H7ClNO2S.Na/c1-5-13-23(14-6-1)30(24-15-7-2-8-16-24)27-21-29-22-28(27)31(25-17-9-3-10-18-25)26-19-11-4-12-20-26;1-6-2-4-7(5-3-6)12(10,11)9-8;/h1-20,27-29H,21-22H2;2-5H,1H3;/q;-1;+1. The van der Waals surface area contributed by atoms with Gasteiger partial charge >= 0.3 is 29.6 Å². The molecular weight excluding hydrogens is 633 g/mol. The predicted octanol–water partition coefficient (Wildman–Crippen LogP) is 3.81. The van der Waals surface area contributed by atoms with Gasteiger partial charge in [-0.1, -0.05) is 139 Å². The summed E-state index contributed by atoms with van der Waals surface area (Å²) in [6.45, 7) is 4.03. The zero-order chi connectivity index (χ0) is 30.1. The SMILES string of the molecule is Cc1ccc(S(=O)(=O)[N-]Cl)cc1.[Na+].c1ccc(P(c2ccccc2)C2CNCC2P(c2ccccc2)c2ccccc2)cc1. The minimum atomic E-state index is -3.62. The molecule has 6 rings (SSSR count). The molecule has 0 spiro atoms. The molecule has 1 N–H and O–H groups in total. The second-order valence-corrected chi connectivity index (χ2v) is 17.1. The van der Waals surface area contributed by atoms with Gasteiger partial charge in [0.25, 0.3) is 0 Å². The maximum Gasteiger partial charge on any atom is 1.00 e. The van der Waals surface area contributed by atoms with Crippen molar-refractivity contribution in [2.75, 3.05) is 13.1 Å². The maximum absolute atomic E-state index is 11.0. The van der Waals surface area contributed by atoms with Crippen molar-refractivity contribution in [3.8, 4) is 0 Å². The normalized spacial score (nSPS) is 16.2. The van der Waals surface area contributed by atoms with Crippen LogP contribution in [0.4, 0.5) is 0 Å². The van der Waals surface area contributed by atoms with Crippen LogP contribution in [-0.2, 0) is 10.0 Å². The smallest absolute Gasteiger partial charge is 0.458 e. The van der Waals surface area contributed by atoms with Gasteiger partial charge in [0.05, 0.1) is 0 Å². The average molecular weight is 667 g/mol. The van der Waals surface area contributed by atoms with E-state index in [-0.39, 0.29) is 34.5 Å². The van der Waals surface area contributed by atoms with Gasteiger partial charge in [0.15, 0.2) is 0 Å². The second kappa shape index (κ2) is 17.2. The second-order valence-electron chi connectivity index (χ2n) is 10.2. The number of halogens is 1. The van der Waals surface area contributed by atoms with E-state index >= 15 is 0 Å². The number of nitrogens with zero attached hydrogens (tertiary/aromatic N) is 1. The maximum atomic E-state index is 11.0. The largest absolute Gasteiger partial charge is 1.00 e. The molecule has 9 heteroatoms. The summed E-state index contributed by atoms with van der Waals surface area (Å²) in [4.78, 5) is 0.114. The first-order chi connectivity index (χ1) is 21.0. The third-order valence-electron chi connectivity index (χ3n) is 7.36. The Bertz CT molecular complexity index is 1500. The van der Waals surface area contributed by atoms with Gasteiger partial charge in [0, 0.05) is 29.3 Å². The van der Waals surface area contributed by atoms with Crippen molar-refractivity contribution >= 4 is 58.9 Å². The molecule has 1 saturated heterocycles. The Labute approximate surface area is 291 Å². The monoisotopic (exact) mass is 666 g/mol. The number of rotatable bonds is 8. The molecule has 5 aromatic rings. The number of nitrogens with one attached hydrogen (secondary N) is 1. The molecule has 0 bridgehead atoms. The van der Waals surface area contributed by atoms with E-state index in [1.165, 1.54) is 33.4 Å². The van der Waals surface area contributed by atoms with Crippen molar-refractivity contribution < 1.29 is 38.0 Å². The summed E-state index contributed by atoms with van der Waals surface area (Å²) in [6, 6.07) is 51.1. The van der Waals surface area contributed by atoms with Gasteiger partial charge in [-0.3, -0.25) is 11.8 Å². The molecule has 1 heterocycles. The molecule has 1 aliphatic rings. The summed E-state index contributed by atoms with van der Waals surface area (Å²) in [5.74, 6) is 0. The van der Waals surface area contributed by atoms with Crippen molar-refractivity contribution in [1.82, 2.24) is 5.32 Å². The van der Waals surface area contributed by atoms with Gasteiger partial charge in [-0.05, 0) is 56.1 Å². The fraction of sp³-hybridized carbons (Fsp3) is 0.143. The summed E-state index contributed by atoms with van der Waals surface area (Å²) in [5.41, 5.74) is 2.20. The van der Waals surface area contributed by atoms with Crippen LogP contribution in [0.25, 0.3) is 4.24 Å². The number of aryl methyl sites for hydroxylation is 1. The molecule has 0 aromatic heterocycles. The van der Waals surface area contributed by atoms with Gasteiger partial charge in [0.1, 0.15) is 10.0 Å². The first kappa shape index (κ1) is 35.0. The minimum Gasteiger partial charge on any atom is -0.458 e. The van der Waals surface area contributed by atoms with Gasteiger partial charge in [-0.25, -0.2) is 8.42 Å². The van der Waals surface area contributed by atoms with E-state index in [0.29, 0.717) is 11.3 Å². The Hall–Kier alpha value is -1.88. The summed E-state index contributed by atoms with van der Waals surface area (Å²) in [5, 5.41) is 9.73. The summed E-state index contributed by atoms with van der Waals surface area (Å²) in [7, 11) is -4.53. The molecule has 220 valence electrons. The molecular formula is C35H34ClN2NaO2P2S. The fourth-order valence-corrected chi connectivity index (χ4v) is 12.6. The quantitative estimate of drug-likeness (QED) is 0.203. The molecule has 0 saturated carbocycles. The Morgan fingerprint density at radius 3 is 1.20 bits per heavy atom. The number of hydrogen-bond donors (Lipinski definition) is 1. The van der Waals surface area contributed by atoms with Crippen LogP contribution in [0.5, 0.6) is 0 Å². The Balaban J connectivity index is 0.000000288. The first-order valence-corrected chi connectivity index (χ1v) is 18.7. The third-order valence-corrected chi connectivity index (χ3v) is 15.0. The first-order valence-electron chi connectivity index (χ1n) is 14.1. The number of benzene rings is 5. The Morgan fingerprint density at radius 1 is 0.591 bits per heavy atom. The topological polar surface area (TPSA) is 60.3 Å². The fourth-order valence-electron chi connectivity index (χ4n) is 5.35. The van der Waals surface area contributed by atoms with E-state index in [2.05, 4.69) is 131 Å². The van der Waals surface area contributed by atoms with Crippen LogP contribution in [-0.4, -0.2) is 32.8 Å². The van der Waals surface area contributed by atoms with Crippen molar-refractivity contribution in [2.24, 2.45) is 0 Å². The van der Waals surface area contributed by atoms with E-state index in [0.717, 1.165) is 18.7 Å². The van der Waals surface area contributed by atoms with Crippen molar-refractivity contribution in [3.05, 3.63) is 155 Å². The van der Waals surface area contributed by atoms with Crippen LogP contribution in [0.1, 0.15) is 5.56 Å². The molecule has 1 fully saturated rings. The molecule has 0 radical (unpaired) electrons. The van der Waals surface area contributed by atoms with Crippen LogP contribution in [0.15, 0.2) is 150 Å². The van der Waals surface area contributed by atoms with E-state index in [4.69, 9.17) is 11.8 Å². The summed E-state index contributed by atoms with van der Waals surface area (Å²) in [6.07, 6.45) is 0. The van der Waals surface area contributed by atoms with E-state index < -0.39 is 25.9 Å². The van der Waals surface area contributed by atoms with Gasteiger partial charge in [-0.2, -0.15) is 0 Å². The summed E-state index contributed by atoms with van der Waals surface area (Å²) < 4.78 is 24.8. The molecule has 1 aliphatic heterocycles. The molecule has 2 atom stereocenters. The van der Waals surface area contributed by atoms with Crippen LogP contribution >= 0.6 is 27.6 Å². The number of hydrogen-bond acceptors (Lipinski definition) is 3. The van der Waals surface area contributed by atoms with Crippen LogP contribution < -0.4 is 56.1 Å². The van der Waals surface area contributed by atoms with Gasteiger partial charge in [0.2, 0.25) is 0 Å². The van der Waals surface area contributed by atoms with Gasteiger partial charge in [-0.15, -0.1) is 0 Å². The molecule has 5 aromatic carbocycles. The molecule has 0 amide bonds. The molecule has 0 aliphatic carbocycles. The van der Waals surface area contributed by atoms with E-state index in [1.54, 1.807) is 12.1 Å². The van der Waals surface area contributed by atoms with Crippen LogP contribution in [0.3, 0.4) is 0 Å². The van der Waals surface area contributed by atoms with Crippen molar-refractivity contribution in [3.63, 3.8) is 0 Å². The Morgan fingerprint density at radius 2 is 0.909 bits per heavy atom. The molecule has 2 unspecified atom stereocenters. The van der Waals surface area contributed by atoms with Crippen molar-refractivity contribution in [2.45, 2.75) is 23.1 Å². The third kappa shape index (κ3) is 8.89. The van der Waals surface area contributed by atoms with E-state index in [1.807, 2.05) is 6.92 Å². The van der Waals surface area contributed by atoms with Crippen molar-refractivity contribution in [1.29, 1.82) is 0 Å². The van der Waals surface area contributed by atoms with Crippen LogP contribution in [0, 0.1) is 6.92 Å². The Kier molecular flexibility index (Phi) is 13.6. The zero-order valence-corrected chi connectivity index (χ0v) is 30.2. The molecule has 4 nitrogen and oxygen atoms in total. The van der Waals surface area contributed by atoms with Gasteiger partial charge < -0.3 is 9.56 Å². The van der Waals surface area contributed by atoms with E-state index in [9.17, 15) is 8.42 Å². The zero-order valence-electron chi connectivity index (χ0n) is 24.9.